The van der Waals surface area contributed by atoms with E-state index in [1.165, 1.54) is 94.6 Å². The molecule has 78 heavy (non-hydrogen) atoms. The molecule has 2 heteroatoms. The zero-order valence-corrected chi connectivity index (χ0v) is 46.4. The molecule has 0 aliphatic carbocycles. The lowest BCUT2D eigenvalue weighted by Gasteiger charge is -2.06. The summed E-state index contributed by atoms with van der Waals surface area (Å²) in [6.07, 6.45) is 0.995. The fourth-order valence-electron chi connectivity index (χ4n) is 8.66. The van der Waals surface area contributed by atoms with Crippen LogP contribution in [0.5, 0.6) is 5.75 Å². The van der Waals surface area contributed by atoms with Crippen molar-refractivity contribution in [1.29, 1.82) is 0 Å². The van der Waals surface area contributed by atoms with Gasteiger partial charge in [0, 0.05) is 0 Å². The van der Waals surface area contributed by atoms with Gasteiger partial charge in [-0.25, -0.2) is 4.79 Å². The highest BCUT2D eigenvalue weighted by Crippen LogP contribution is 2.27. The number of esters is 1. The lowest BCUT2D eigenvalue weighted by Crippen LogP contribution is -2.08. The minimum Gasteiger partial charge on any atom is -0.423 e. The molecule has 0 aliphatic heterocycles. The van der Waals surface area contributed by atoms with Gasteiger partial charge in [0.25, 0.3) is 0 Å². The molecule has 0 aromatic heterocycles. The van der Waals surface area contributed by atoms with E-state index in [1.54, 1.807) is 24.3 Å². The number of ether oxygens (including phenoxy) is 1. The van der Waals surface area contributed by atoms with Gasteiger partial charge in [0.15, 0.2) is 0 Å². The molecule has 0 radical (unpaired) electrons. The van der Waals surface area contributed by atoms with Crippen molar-refractivity contribution < 1.29 is 9.53 Å². The van der Waals surface area contributed by atoms with Crippen LogP contribution in [0.25, 0.3) is 55.6 Å². The first kappa shape index (κ1) is 55.1. The monoisotopic (exact) mass is 1010 g/mol. The maximum atomic E-state index is 12.2. The number of rotatable bonds is 9. The van der Waals surface area contributed by atoms with Crippen LogP contribution in [0.1, 0.15) is 66.0 Å². The van der Waals surface area contributed by atoms with Crippen LogP contribution in [0.15, 0.2) is 267 Å². The summed E-state index contributed by atoms with van der Waals surface area (Å²) in [4.78, 5) is 12.2. The van der Waals surface area contributed by atoms with Gasteiger partial charge in [-0.05, 0) is 153 Å². The summed E-state index contributed by atoms with van der Waals surface area (Å²) >= 11 is 0. The second kappa shape index (κ2) is 27.1. The van der Waals surface area contributed by atoms with E-state index in [9.17, 15) is 4.79 Å². The van der Waals surface area contributed by atoms with Crippen molar-refractivity contribution in [2.24, 2.45) is 0 Å². The molecule has 0 N–H and O–H groups in total. The number of hydrogen-bond donors (Lipinski definition) is 0. The number of carbonyl (C=O) groups excluding carboxylic acids is 1. The van der Waals surface area contributed by atoms with Crippen LogP contribution in [-0.2, 0) is 6.42 Å². The van der Waals surface area contributed by atoms with Gasteiger partial charge < -0.3 is 4.74 Å². The highest BCUT2D eigenvalue weighted by molar-refractivity contribution is 5.91. The van der Waals surface area contributed by atoms with Crippen LogP contribution in [0.4, 0.5) is 0 Å². The Morgan fingerprint density at radius 3 is 0.641 bits per heavy atom. The van der Waals surface area contributed by atoms with Crippen LogP contribution in [-0.4, -0.2) is 5.97 Å². The molecule has 386 valence electrons. The van der Waals surface area contributed by atoms with Crippen molar-refractivity contribution >= 4 is 5.97 Å². The first-order valence-corrected chi connectivity index (χ1v) is 26.9. The Balaban J connectivity index is 0.000000139. The molecule has 2 nitrogen and oxygen atoms in total. The van der Waals surface area contributed by atoms with E-state index in [1.807, 2.05) is 31.2 Å². The second-order valence-corrected chi connectivity index (χ2v) is 20.4. The topological polar surface area (TPSA) is 26.3 Å². The van der Waals surface area contributed by atoms with E-state index in [0.29, 0.717) is 11.3 Å². The maximum Gasteiger partial charge on any atom is 0.343 e. The third kappa shape index (κ3) is 16.4. The van der Waals surface area contributed by atoms with Gasteiger partial charge >= 0.3 is 5.97 Å². The predicted octanol–water partition coefficient (Wildman–Crippen LogP) is 20.4. The average Bonchev–Trinajstić information content (AvgIpc) is 3.47. The molecule has 0 saturated carbocycles. The van der Waals surface area contributed by atoms with Gasteiger partial charge in [0.2, 0.25) is 0 Å². The molecule has 11 rings (SSSR count). The fraction of sp³-hybridized carbons (Fsp3) is 0.118. The number of carbonyl (C=O) groups is 1. The Morgan fingerprint density at radius 1 is 0.231 bits per heavy atom. The summed E-state index contributed by atoms with van der Waals surface area (Å²) in [7, 11) is 0. The number of hydrogen-bond acceptors (Lipinski definition) is 2. The van der Waals surface area contributed by atoms with Crippen LogP contribution in [0.2, 0.25) is 0 Å². The molecule has 0 aliphatic rings. The molecule has 0 spiro atoms. The summed E-state index contributed by atoms with van der Waals surface area (Å²) in [6, 6.07) is 93.0. The van der Waals surface area contributed by atoms with Crippen molar-refractivity contribution in [3.8, 4) is 61.4 Å². The minimum absolute atomic E-state index is 0.343. The average molecular weight is 1020 g/mol. The second-order valence-electron chi connectivity index (χ2n) is 20.4. The first-order chi connectivity index (χ1) is 37.8. The molecular formula is C76H70O2. The van der Waals surface area contributed by atoms with E-state index in [-0.39, 0.29) is 5.97 Å². The molecule has 0 heterocycles. The smallest absolute Gasteiger partial charge is 0.343 e. The predicted molar refractivity (Wildman–Crippen MR) is 331 cm³/mol. The summed E-state index contributed by atoms with van der Waals surface area (Å²) < 4.78 is 5.38. The fourth-order valence-corrected chi connectivity index (χ4v) is 8.66. The van der Waals surface area contributed by atoms with E-state index in [4.69, 9.17) is 4.74 Å². The number of aryl methyl sites for hydroxylation is 8. The van der Waals surface area contributed by atoms with Crippen molar-refractivity contribution in [2.75, 3.05) is 0 Å². The zero-order valence-electron chi connectivity index (χ0n) is 46.4. The Kier molecular flexibility index (Phi) is 19.1. The normalized spacial score (nSPS) is 10.4. The molecule has 0 unspecified atom stereocenters. The van der Waals surface area contributed by atoms with E-state index < -0.39 is 0 Å². The van der Waals surface area contributed by atoms with Crippen LogP contribution < -0.4 is 4.74 Å². The third-order valence-electron chi connectivity index (χ3n) is 13.7. The molecule has 0 fully saturated rings. The summed E-state index contributed by atoms with van der Waals surface area (Å²) in [6.45, 7) is 16.8. The SMILES string of the molecule is Cc1ccc(-c2ccc(-c3ccc(C)cc3)cc2)cc1.Cc1ccc(-c2ccc(C)cc2)cc1.Cc1ccc(Cc2ccc(-c3ccc(C)cc3)cc2)cc1.Cc1ccc(OC(=O)c2ccc(-c3ccc(C)cc3)cc2)cc1. The Bertz CT molecular complexity index is 3470. The number of benzene rings is 11. The highest BCUT2D eigenvalue weighted by Gasteiger charge is 2.09. The van der Waals surface area contributed by atoms with Crippen LogP contribution in [0.3, 0.4) is 0 Å². The molecule has 0 atom stereocenters. The largest absolute Gasteiger partial charge is 0.423 e. The van der Waals surface area contributed by atoms with E-state index in [0.717, 1.165) is 23.1 Å². The minimum atomic E-state index is -0.343. The summed E-state index contributed by atoms with van der Waals surface area (Å²) in [5.41, 5.74) is 25.9. The molecule has 0 bridgehead atoms. The standard InChI is InChI=1S/C21H18O2.C21H20.C20H18.C14H14/c1-15-3-7-17(8-4-15)18-9-11-19(12-10-18)21(22)23-20-13-5-16(2)6-14-20;1-16-3-7-18(8-4-16)15-19-9-13-21(14-10-19)20-11-5-17(2)6-12-20;1-15-3-7-17(8-4-15)19-11-13-20(14-12-19)18-9-5-16(2)6-10-18;1-11-3-7-13(8-4-11)14-9-5-12(2)6-10-14/h3-14H,1-2H3;3-14H,15H2,1-2H3;3-14H,1-2H3;3-10H,1-2H3. The molecule has 11 aromatic rings. The Hall–Kier alpha value is -9.11. The van der Waals surface area contributed by atoms with Crippen molar-refractivity contribution in [3.63, 3.8) is 0 Å². The van der Waals surface area contributed by atoms with Crippen molar-refractivity contribution in [1.82, 2.24) is 0 Å². The summed E-state index contributed by atoms with van der Waals surface area (Å²) in [5, 5.41) is 0. The quantitative estimate of drug-likeness (QED) is 0.106. The molecule has 0 amide bonds. The first-order valence-electron chi connectivity index (χ1n) is 26.9. The van der Waals surface area contributed by atoms with Gasteiger partial charge in [-0.15, -0.1) is 0 Å². The Labute approximate surface area is 464 Å². The van der Waals surface area contributed by atoms with Gasteiger partial charge in [-0.1, -0.05) is 287 Å². The van der Waals surface area contributed by atoms with Gasteiger partial charge in [0.05, 0.1) is 5.56 Å². The zero-order chi connectivity index (χ0) is 54.8. The third-order valence-corrected chi connectivity index (χ3v) is 13.7. The maximum absolute atomic E-state index is 12.2. The highest BCUT2D eigenvalue weighted by atomic mass is 16.5. The lowest BCUT2D eigenvalue weighted by molar-refractivity contribution is 0.0734. The van der Waals surface area contributed by atoms with E-state index in [2.05, 4.69) is 267 Å². The van der Waals surface area contributed by atoms with Gasteiger partial charge in [-0.3, -0.25) is 0 Å². The van der Waals surface area contributed by atoms with Gasteiger partial charge in [0.1, 0.15) is 5.75 Å². The van der Waals surface area contributed by atoms with Gasteiger partial charge in [-0.2, -0.15) is 0 Å². The summed E-state index contributed by atoms with van der Waals surface area (Å²) in [5.74, 6) is 0.215. The van der Waals surface area contributed by atoms with E-state index >= 15 is 0 Å². The van der Waals surface area contributed by atoms with Crippen LogP contribution in [0, 0.1) is 55.4 Å². The molecular weight excluding hydrogens is 945 g/mol. The molecule has 0 saturated heterocycles. The Morgan fingerprint density at radius 2 is 0.397 bits per heavy atom. The molecule has 11 aromatic carbocycles. The van der Waals surface area contributed by atoms with Crippen molar-refractivity contribution in [2.45, 2.75) is 61.8 Å². The van der Waals surface area contributed by atoms with Crippen molar-refractivity contribution in [3.05, 3.63) is 328 Å². The lowest BCUT2D eigenvalue weighted by atomic mass is 9.99. The van der Waals surface area contributed by atoms with Crippen LogP contribution >= 0.6 is 0 Å².